The summed E-state index contributed by atoms with van der Waals surface area (Å²) in [6, 6.07) is 1.96. The normalized spacial score (nSPS) is 10.7. The number of carbonyl (C=O) groups excluding carboxylic acids is 1. The molecule has 0 saturated carbocycles. The molecule has 6 heteroatoms. The molecule has 0 bridgehead atoms. The third kappa shape index (κ3) is 3.52. The van der Waals surface area contributed by atoms with Gasteiger partial charge in [0.1, 0.15) is 11.5 Å². The Morgan fingerprint density at radius 3 is 2.95 bits per heavy atom. The lowest BCUT2D eigenvalue weighted by Gasteiger charge is -2.08. The summed E-state index contributed by atoms with van der Waals surface area (Å²) in [4.78, 5) is 20.4. The molecule has 0 aliphatic heterocycles. The van der Waals surface area contributed by atoms with Crippen LogP contribution in [0.25, 0.3) is 0 Å². The standard InChI is InChI=1S/C13H14ClN3OS/c1-8(2)12-15-6-10(14)11(17-12)13(18)16-5-9-3-4-19-7-9/h3-4,6-8H,5H2,1-2H3,(H,16,18). The van der Waals surface area contributed by atoms with Crippen LogP contribution in [-0.4, -0.2) is 15.9 Å². The van der Waals surface area contributed by atoms with Crippen molar-refractivity contribution in [2.75, 3.05) is 0 Å². The van der Waals surface area contributed by atoms with E-state index in [4.69, 9.17) is 11.6 Å². The molecule has 0 aliphatic rings. The Labute approximate surface area is 120 Å². The van der Waals surface area contributed by atoms with E-state index in [-0.39, 0.29) is 22.5 Å². The van der Waals surface area contributed by atoms with Crippen molar-refractivity contribution in [3.8, 4) is 0 Å². The van der Waals surface area contributed by atoms with Crippen molar-refractivity contribution in [1.29, 1.82) is 0 Å². The van der Waals surface area contributed by atoms with E-state index >= 15 is 0 Å². The minimum Gasteiger partial charge on any atom is -0.347 e. The minimum atomic E-state index is -0.277. The van der Waals surface area contributed by atoms with Crippen LogP contribution in [0.1, 0.15) is 41.6 Å². The number of thiophene rings is 1. The fraction of sp³-hybridized carbons (Fsp3) is 0.308. The topological polar surface area (TPSA) is 54.9 Å². The number of carbonyl (C=O) groups is 1. The van der Waals surface area contributed by atoms with E-state index < -0.39 is 0 Å². The third-order valence-corrected chi connectivity index (χ3v) is 3.54. The first-order valence-electron chi connectivity index (χ1n) is 5.89. The highest BCUT2D eigenvalue weighted by atomic mass is 35.5. The molecule has 2 aromatic heterocycles. The molecule has 1 N–H and O–H groups in total. The molecule has 4 nitrogen and oxygen atoms in total. The molecule has 0 atom stereocenters. The lowest BCUT2D eigenvalue weighted by Crippen LogP contribution is -2.24. The van der Waals surface area contributed by atoms with Crippen molar-refractivity contribution < 1.29 is 4.79 Å². The first-order chi connectivity index (χ1) is 9.08. The number of amides is 1. The van der Waals surface area contributed by atoms with Gasteiger partial charge >= 0.3 is 0 Å². The van der Waals surface area contributed by atoms with Gasteiger partial charge in [0.05, 0.1) is 11.2 Å². The van der Waals surface area contributed by atoms with Gasteiger partial charge in [0.25, 0.3) is 5.91 Å². The monoisotopic (exact) mass is 295 g/mol. The molecular formula is C13H14ClN3OS. The van der Waals surface area contributed by atoms with Gasteiger partial charge in [0.15, 0.2) is 0 Å². The summed E-state index contributed by atoms with van der Waals surface area (Å²) in [5, 5.41) is 7.03. The van der Waals surface area contributed by atoms with Gasteiger partial charge in [-0.3, -0.25) is 4.79 Å². The Kier molecular flexibility index (Phi) is 4.50. The molecule has 0 aromatic carbocycles. The molecule has 0 fully saturated rings. The Morgan fingerprint density at radius 2 is 2.32 bits per heavy atom. The summed E-state index contributed by atoms with van der Waals surface area (Å²) in [7, 11) is 0. The van der Waals surface area contributed by atoms with E-state index in [1.165, 1.54) is 6.20 Å². The summed E-state index contributed by atoms with van der Waals surface area (Å²) in [6.07, 6.45) is 1.48. The van der Waals surface area contributed by atoms with E-state index in [2.05, 4.69) is 15.3 Å². The van der Waals surface area contributed by atoms with E-state index in [0.29, 0.717) is 12.4 Å². The average Bonchev–Trinajstić information content (AvgIpc) is 2.89. The number of aromatic nitrogens is 2. The second-order valence-electron chi connectivity index (χ2n) is 4.39. The number of hydrogen-bond donors (Lipinski definition) is 1. The molecule has 0 unspecified atom stereocenters. The summed E-state index contributed by atoms with van der Waals surface area (Å²) in [5.41, 5.74) is 1.29. The van der Waals surface area contributed by atoms with Crippen molar-refractivity contribution in [3.63, 3.8) is 0 Å². The zero-order chi connectivity index (χ0) is 13.8. The summed E-state index contributed by atoms with van der Waals surface area (Å²) in [6.45, 7) is 4.41. The zero-order valence-electron chi connectivity index (χ0n) is 10.7. The maximum atomic E-state index is 12.1. The fourth-order valence-electron chi connectivity index (χ4n) is 1.48. The Hall–Kier alpha value is -1.46. The highest BCUT2D eigenvalue weighted by Crippen LogP contribution is 2.16. The molecule has 0 aliphatic carbocycles. The van der Waals surface area contributed by atoms with E-state index in [1.54, 1.807) is 11.3 Å². The maximum absolute atomic E-state index is 12.1. The molecule has 2 rings (SSSR count). The number of hydrogen-bond acceptors (Lipinski definition) is 4. The van der Waals surface area contributed by atoms with Crippen molar-refractivity contribution >= 4 is 28.8 Å². The number of halogens is 1. The molecule has 0 saturated heterocycles. The predicted octanol–water partition coefficient (Wildman–Crippen LogP) is 3.24. The van der Waals surface area contributed by atoms with Gasteiger partial charge in [0, 0.05) is 12.5 Å². The summed E-state index contributed by atoms with van der Waals surface area (Å²) < 4.78 is 0. The van der Waals surface area contributed by atoms with Crippen LogP contribution in [0.4, 0.5) is 0 Å². The van der Waals surface area contributed by atoms with Crippen molar-refractivity contribution in [3.05, 3.63) is 45.1 Å². The molecule has 100 valence electrons. The van der Waals surface area contributed by atoms with E-state index in [1.807, 2.05) is 30.7 Å². The predicted molar refractivity (Wildman–Crippen MR) is 76.6 cm³/mol. The molecule has 1 amide bonds. The fourth-order valence-corrected chi connectivity index (χ4v) is 2.32. The number of nitrogens with zero attached hydrogens (tertiary/aromatic N) is 2. The van der Waals surface area contributed by atoms with Gasteiger partial charge in [-0.25, -0.2) is 9.97 Å². The SMILES string of the molecule is CC(C)c1ncc(Cl)c(C(=O)NCc2ccsc2)n1. The van der Waals surface area contributed by atoms with Crippen molar-refractivity contribution in [2.24, 2.45) is 0 Å². The largest absolute Gasteiger partial charge is 0.347 e. The highest BCUT2D eigenvalue weighted by Gasteiger charge is 2.15. The van der Waals surface area contributed by atoms with Gasteiger partial charge < -0.3 is 5.32 Å². The van der Waals surface area contributed by atoms with E-state index in [9.17, 15) is 4.79 Å². The van der Waals surface area contributed by atoms with Crippen LogP contribution in [0.15, 0.2) is 23.0 Å². The minimum absolute atomic E-state index is 0.153. The average molecular weight is 296 g/mol. The summed E-state index contributed by atoms with van der Waals surface area (Å²) >= 11 is 7.57. The van der Waals surface area contributed by atoms with Crippen molar-refractivity contribution in [2.45, 2.75) is 26.3 Å². The highest BCUT2D eigenvalue weighted by molar-refractivity contribution is 7.07. The molecule has 2 heterocycles. The smallest absolute Gasteiger partial charge is 0.271 e. The molecule has 0 radical (unpaired) electrons. The second-order valence-corrected chi connectivity index (χ2v) is 5.58. The van der Waals surface area contributed by atoms with Crippen LogP contribution in [0, 0.1) is 0 Å². The van der Waals surface area contributed by atoms with Gasteiger partial charge in [0.2, 0.25) is 0 Å². The zero-order valence-corrected chi connectivity index (χ0v) is 12.3. The first kappa shape index (κ1) is 14.0. The third-order valence-electron chi connectivity index (χ3n) is 2.53. The van der Waals surface area contributed by atoms with Gasteiger partial charge in [-0.2, -0.15) is 11.3 Å². The Morgan fingerprint density at radius 1 is 1.53 bits per heavy atom. The number of rotatable bonds is 4. The summed E-state index contributed by atoms with van der Waals surface area (Å²) in [5.74, 6) is 0.492. The molecule has 0 spiro atoms. The van der Waals surface area contributed by atoms with Crippen LogP contribution < -0.4 is 5.32 Å². The van der Waals surface area contributed by atoms with Crippen molar-refractivity contribution in [1.82, 2.24) is 15.3 Å². The van der Waals surface area contributed by atoms with Gasteiger partial charge in [-0.15, -0.1) is 0 Å². The maximum Gasteiger partial charge on any atom is 0.271 e. The Balaban J connectivity index is 2.11. The molecule has 2 aromatic rings. The van der Waals surface area contributed by atoms with Gasteiger partial charge in [-0.1, -0.05) is 25.4 Å². The molecule has 19 heavy (non-hydrogen) atoms. The lowest BCUT2D eigenvalue weighted by molar-refractivity contribution is 0.0945. The van der Waals surface area contributed by atoms with Gasteiger partial charge in [-0.05, 0) is 22.4 Å². The van der Waals surface area contributed by atoms with Crippen LogP contribution in [0.3, 0.4) is 0 Å². The lowest BCUT2D eigenvalue weighted by atomic mass is 10.2. The van der Waals surface area contributed by atoms with E-state index in [0.717, 1.165) is 5.56 Å². The Bertz CT molecular complexity index is 569. The second kappa shape index (κ2) is 6.12. The quantitative estimate of drug-likeness (QED) is 0.942. The van der Waals surface area contributed by atoms with Crippen LogP contribution in [0.5, 0.6) is 0 Å². The number of nitrogens with one attached hydrogen (secondary N) is 1. The van der Waals surface area contributed by atoms with Crippen LogP contribution in [-0.2, 0) is 6.54 Å². The first-order valence-corrected chi connectivity index (χ1v) is 7.21. The van der Waals surface area contributed by atoms with Crippen LogP contribution in [0.2, 0.25) is 5.02 Å². The molecular weight excluding hydrogens is 282 g/mol. The van der Waals surface area contributed by atoms with Crippen LogP contribution >= 0.6 is 22.9 Å².